The zero-order valence-corrected chi connectivity index (χ0v) is 16.6. The van der Waals surface area contributed by atoms with E-state index in [1.165, 1.54) is 26.6 Å². The van der Waals surface area contributed by atoms with Crippen LogP contribution in [0.5, 0.6) is 5.75 Å². The molecular weight excluding hydrogens is 362 g/mol. The molecule has 3 aromatic rings. The van der Waals surface area contributed by atoms with Crippen LogP contribution in [-0.2, 0) is 19.5 Å². The number of hydrogen-bond acceptors (Lipinski definition) is 6. The molecule has 26 heavy (non-hydrogen) atoms. The van der Waals surface area contributed by atoms with Gasteiger partial charge in [-0.15, -0.1) is 11.3 Å². The molecule has 0 amide bonds. The van der Waals surface area contributed by atoms with Crippen LogP contribution in [0.3, 0.4) is 0 Å². The van der Waals surface area contributed by atoms with E-state index in [2.05, 4.69) is 39.1 Å². The molecule has 0 aliphatic carbocycles. The molecule has 3 heterocycles. The lowest BCUT2D eigenvalue weighted by Gasteiger charge is -2.27. The fourth-order valence-corrected chi connectivity index (χ4v) is 4.61. The van der Waals surface area contributed by atoms with Crippen LogP contribution >= 0.6 is 23.1 Å². The molecule has 1 aliphatic heterocycles. The first kappa shape index (κ1) is 17.5. The van der Waals surface area contributed by atoms with Gasteiger partial charge in [-0.05, 0) is 36.1 Å². The Hall–Kier alpha value is -1.89. The fourth-order valence-electron chi connectivity index (χ4n) is 3.20. The van der Waals surface area contributed by atoms with Crippen LogP contribution in [0.4, 0.5) is 0 Å². The molecule has 0 saturated heterocycles. The van der Waals surface area contributed by atoms with E-state index in [0.29, 0.717) is 0 Å². The second-order valence-electron chi connectivity index (χ2n) is 6.29. The van der Waals surface area contributed by atoms with Crippen LogP contribution in [0.15, 0.2) is 47.8 Å². The van der Waals surface area contributed by atoms with Crippen LogP contribution in [0, 0.1) is 0 Å². The van der Waals surface area contributed by atoms with Crippen LogP contribution in [0.2, 0.25) is 0 Å². The minimum absolute atomic E-state index is 0.874. The summed E-state index contributed by atoms with van der Waals surface area (Å²) in [5.41, 5.74) is 3.69. The van der Waals surface area contributed by atoms with Gasteiger partial charge in [0.05, 0.1) is 12.8 Å². The van der Waals surface area contributed by atoms with E-state index >= 15 is 0 Å². The summed E-state index contributed by atoms with van der Waals surface area (Å²) < 4.78 is 5.34. The van der Waals surface area contributed by atoms with Gasteiger partial charge in [0.25, 0.3) is 0 Å². The Morgan fingerprint density at radius 3 is 3.04 bits per heavy atom. The molecule has 4 rings (SSSR count). The van der Waals surface area contributed by atoms with E-state index in [0.717, 1.165) is 37.0 Å². The Balaban J connectivity index is 1.46. The number of hydrogen-bond donors (Lipinski definition) is 0. The number of rotatable bonds is 5. The first-order valence-electron chi connectivity index (χ1n) is 8.59. The topological polar surface area (TPSA) is 38.2 Å². The first-order chi connectivity index (χ1) is 12.7. The number of ether oxygens (including phenoxy) is 1. The van der Waals surface area contributed by atoms with E-state index in [-0.39, 0.29) is 0 Å². The Kier molecular flexibility index (Phi) is 5.24. The molecule has 134 valence electrons. The molecule has 0 radical (unpaired) electrons. The Morgan fingerprint density at radius 2 is 2.19 bits per heavy atom. The van der Waals surface area contributed by atoms with Crippen LogP contribution in [0.1, 0.15) is 16.1 Å². The van der Waals surface area contributed by atoms with Gasteiger partial charge < -0.3 is 4.74 Å². The monoisotopic (exact) mass is 383 g/mol. The minimum Gasteiger partial charge on any atom is -0.497 e. The van der Waals surface area contributed by atoms with Gasteiger partial charge in [-0.3, -0.25) is 4.90 Å². The number of benzene rings is 1. The van der Waals surface area contributed by atoms with Crippen molar-refractivity contribution in [3.63, 3.8) is 0 Å². The van der Waals surface area contributed by atoms with Gasteiger partial charge in [0.15, 0.2) is 5.16 Å². The summed E-state index contributed by atoms with van der Waals surface area (Å²) >= 11 is 3.46. The SMILES string of the molecule is COc1cccc(-c2ccc(CN3CCc4nc(SC)ncc4C3)s2)c1. The van der Waals surface area contributed by atoms with Crippen LogP contribution in [0.25, 0.3) is 10.4 Å². The molecule has 0 bridgehead atoms. The smallest absolute Gasteiger partial charge is 0.187 e. The Bertz CT molecular complexity index is 910. The summed E-state index contributed by atoms with van der Waals surface area (Å²) in [6, 6.07) is 12.7. The van der Waals surface area contributed by atoms with Crippen molar-refractivity contribution in [3.05, 3.63) is 58.7 Å². The van der Waals surface area contributed by atoms with Gasteiger partial charge in [0.1, 0.15) is 5.75 Å². The maximum atomic E-state index is 5.34. The quantitative estimate of drug-likeness (QED) is 0.479. The Morgan fingerprint density at radius 1 is 1.27 bits per heavy atom. The second-order valence-corrected chi connectivity index (χ2v) is 8.23. The molecule has 6 heteroatoms. The summed E-state index contributed by atoms with van der Waals surface area (Å²) in [5.74, 6) is 0.898. The van der Waals surface area contributed by atoms with Crippen molar-refractivity contribution in [2.45, 2.75) is 24.7 Å². The maximum Gasteiger partial charge on any atom is 0.187 e. The van der Waals surface area contributed by atoms with Crippen molar-refractivity contribution in [1.29, 1.82) is 0 Å². The summed E-state index contributed by atoms with van der Waals surface area (Å²) in [5, 5.41) is 0.874. The third-order valence-corrected chi connectivity index (χ3v) is 6.25. The Labute approximate surface area is 162 Å². The normalized spacial score (nSPS) is 14.2. The molecule has 0 unspecified atom stereocenters. The number of thiophene rings is 1. The fraction of sp³-hybridized carbons (Fsp3) is 0.300. The van der Waals surface area contributed by atoms with Crippen LogP contribution in [-0.4, -0.2) is 34.8 Å². The summed E-state index contributed by atoms with van der Waals surface area (Å²) in [6.45, 7) is 2.94. The average Bonchev–Trinajstić information content (AvgIpc) is 3.16. The molecule has 0 fully saturated rings. The highest BCUT2D eigenvalue weighted by Gasteiger charge is 2.19. The lowest BCUT2D eigenvalue weighted by molar-refractivity contribution is 0.244. The summed E-state index contributed by atoms with van der Waals surface area (Å²) in [6.07, 6.45) is 5.02. The van der Waals surface area contributed by atoms with E-state index in [9.17, 15) is 0 Å². The highest BCUT2D eigenvalue weighted by molar-refractivity contribution is 7.98. The average molecular weight is 384 g/mol. The zero-order chi connectivity index (χ0) is 17.9. The van der Waals surface area contributed by atoms with Crippen molar-refractivity contribution in [3.8, 4) is 16.2 Å². The van der Waals surface area contributed by atoms with Gasteiger partial charge in [0, 0.05) is 47.6 Å². The number of methoxy groups -OCH3 is 1. The van der Waals surface area contributed by atoms with E-state index < -0.39 is 0 Å². The van der Waals surface area contributed by atoms with Gasteiger partial charge >= 0.3 is 0 Å². The van der Waals surface area contributed by atoms with Crippen molar-refractivity contribution in [1.82, 2.24) is 14.9 Å². The van der Waals surface area contributed by atoms with E-state index in [1.54, 1.807) is 18.9 Å². The third kappa shape index (κ3) is 3.77. The number of fused-ring (bicyclic) bond motifs is 1. The van der Waals surface area contributed by atoms with Gasteiger partial charge in [-0.2, -0.15) is 0 Å². The molecule has 4 nitrogen and oxygen atoms in total. The van der Waals surface area contributed by atoms with E-state index in [4.69, 9.17) is 4.74 Å². The number of nitrogens with zero attached hydrogens (tertiary/aromatic N) is 3. The first-order valence-corrected chi connectivity index (χ1v) is 10.6. The molecule has 0 saturated carbocycles. The van der Waals surface area contributed by atoms with Gasteiger partial charge in [0.2, 0.25) is 0 Å². The lowest BCUT2D eigenvalue weighted by atomic mass is 10.1. The standard InChI is InChI=1S/C20H21N3OS2/c1-24-16-5-3-4-14(10-16)19-7-6-17(26-19)13-23-9-8-18-15(12-23)11-21-20(22-18)25-2/h3-7,10-11H,8-9,12-13H2,1-2H3. The maximum absolute atomic E-state index is 5.34. The molecule has 0 spiro atoms. The predicted molar refractivity (Wildman–Crippen MR) is 108 cm³/mol. The highest BCUT2D eigenvalue weighted by atomic mass is 32.2. The minimum atomic E-state index is 0.874. The predicted octanol–water partition coefficient (Wildman–Crippen LogP) is 4.49. The summed E-state index contributed by atoms with van der Waals surface area (Å²) in [7, 11) is 1.71. The van der Waals surface area contributed by atoms with Crippen LogP contribution < -0.4 is 4.74 Å². The molecular formula is C20H21N3OS2. The molecule has 1 aromatic carbocycles. The number of thioether (sulfide) groups is 1. The molecule has 2 aromatic heterocycles. The highest BCUT2D eigenvalue weighted by Crippen LogP contribution is 2.31. The summed E-state index contributed by atoms with van der Waals surface area (Å²) in [4.78, 5) is 14.2. The number of aromatic nitrogens is 2. The van der Waals surface area contributed by atoms with Crippen molar-refractivity contribution >= 4 is 23.1 Å². The van der Waals surface area contributed by atoms with Crippen molar-refractivity contribution < 1.29 is 4.74 Å². The van der Waals surface area contributed by atoms with E-state index in [1.807, 2.05) is 35.9 Å². The second kappa shape index (κ2) is 7.78. The zero-order valence-electron chi connectivity index (χ0n) is 14.9. The third-order valence-electron chi connectivity index (χ3n) is 4.57. The molecule has 0 N–H and O–H groups in total. The van der Waals surface area contributed by atoms with Gasteiger partial charge in [-0.25, -0.2) is 9.97 Å². The molecule has 0 atom stereocenters. The van der Waals surface area contributed by atoms with Crippen molar-refractivity contribution in [2.75, 3.05) is 19.9 Å². The molecule has 1 aliphatic rings. The van der Waals surface area contributed by atoms with Crippen molar-refractivity contribution in [2.24, 2.45) is 0 Å². The largest absolute Gasteiger partial charge is 0.497 e. The lowest BCUT2D eigenvalue weighted by Crippen LogP contribution is -2.30. The van der Waals surface area contributed by atoms with Gasteiger partial charge in [-0.1, -0.05) is 23.9 Å².